The van der Waals surface area contributed by atoms with Crippen molar-refractivity contribution in [2.45, 2.75) is 5.75 Å². The number of anilines is 1. The average molecular weight is 394 g/mol. The molecular formula is C16H13Cl2N5OS. The molecule has 0 saturated heterocycles. The molecule has 0 bridgehead atoms. The first-order valence-electron chi connectivity index (χ1n) is 7.29. The Hall–Kier alpha value is -2.09. The molecule has 3 rings (SSSR count). The summed E-state index contributed by atoms with van der Waals surface area (Å²) in [6.07, 6.45) is 0. The second-order valence-electron chi connectivity index (χ2n) is 4.98. The number of thioether (sulfide) groups is 1. The molecule has 0 aliphatic carbocycles. The van der Waals surface area contributed by atoms with E-state index in [1.165, 1.54) is 11.8 Å². The highest BCUT2D eigenvalue weighted by atomic mass is 35.5. The van der Waals surface area contributed by atoms with Crippen LogP contribution in [0.25, 0.3) is 5.69 Å². The summed E-state index contributed by atoms with van der Waals surface area (Å²) in [7, 11) is 0. The molecule has 0 aliphatic rings. The molecule has 0 aliphatic heterocycles. The van der Waals surface area contributed by atoms with Crippen molar-refractivity contribution in [1.29, 1.82) is 0 Å². The monoisotopic (exact) mass is 393 g/mol. The van der Waals surface area contributed by atoms with Gasteiger partial charge in [0.05, 0.1) is 32.9 Å². The number of para-hydroxylation sites is 1. The topological polar surface area (TPSA) is 72.7 Å². The van der Waals surface area contributed by atoms with Gasteiger partial charge in [-0.1, -0.05) is 47.5 Å². The van der Waals surface area contributed by atoms with Crippen LogP contribution in [-0.4, -0.2) is 31.9 Å². The van der Waals surface area contributed by atoms with Crippen LogP contribution < -0.4 is 5.32 Å². The van der Waals surface area contributed by atoms with Crippen molar-refractivity contribution in [3.8, 4) is 5.69 Å². The molecular weight excluding hydrogens is 381 g/mol. The van der Waals surface area contributed by atoms with Crippen molar-refractivity contribution < 1.29 is 4.79 Å². The van der Waals surface area contributed by atoms with Gasteiger partial charge in [0.1, 0.15) is 0 Å². The predicted octanol–water partition coefficient (Wildman–Crippen LogP) is 3.84. The van der Waals surface area contributed by atoms with Crippen LogP contribution in [0, 0.1) is 0 Å². The van der Waals surface area contributed by atoms with E-state index in [9.17, 15) is 4.79 Å². The highest BCUT2D eigenvalue weighted by molar-refractivity contribution is 7.99. The fourth-order valence-corrected chi connectivity index (χ4v) is 3.16. The van der Waals surface area contributed by atoms with Crippen LogP contribution in [0.3, 0.4) is 0 Å². The molecule has 3 aromatic rings. The lowest BCUT2D eigenvalue weighted by Crippen LogP contribution is -2.15. The third-order valence-electron chi connectivity index (χ3n) is 3.22. The molecule has 9 heteroatoms. The third kappa shape index (κ3) is 4.50. The lowest BCUT2D eigenvalue weighted by Gasteiger charge is -2.08. The molecule has 0 atom stereocenters. The Morgan fingerprint density at radius 2 is 1.92 bits per heavy atom. The predicted molar refractivity (Wildman–Crippen MR) is 100 cm³/mol. The average Bonchev–Trinajstić information content (AvgIpc) is 3.08. The number of amides is 1. The number of benzene rings is 2. The number of nitrogens with one attached hydrogen (secondary N) is 1. The number of halogens is 2. The summed E-state index contributed by atoms with van der Waals surface area (Å²) in [5.41, 5.74) is 1.37. The molecule has 25 heavy (non-hydrogen) atoms. The summed E-state index contributed by atoms with van der Waals surface area (Å²) < 4.78 is 1.65. The molecule has 0 saturated carbocycles. The number of carbonyl (C=O) groups is 1. The van der Waals surface area contributed by atoms with Gasteiger partial charge in [0, 0.05) is 0 Å². The number of hydrogen-bond donors (Lipinski definition) is 1. The SMILES string of the molecule is O=C(CSCc1nnnn1-c1ccccc1)Nc1cccc(Cl)c1Cl. The second kappa shape index (κ2) is 8.33. The Balaban J connectivity index is 1.56. The minimum Gasteiger partial charge on any atom is -0.324 e. The quantitative estimate of drug-likeness (QED) is 0.688. The van der Waals surface area contributed by atoms with Gasteiger partial charge in [-0.15, -0.1) is 16.9 Å². The molecule has 0 fully saturated rings. The fourth-order valence-electron chi connectivity index (χ4n) is 2.09. The molecule has 128 valence electrons. The first-order chi connectivity index (χ1) is 12.1. The first-order valence-corrected chi connectivity index (χ1v) is 9.20. The highest BCUT2D eigenvalue weighted by Gasteiger charge is 2.11. The maximum absolute atomic E-state index is 12.1. The molecule has 1 N–H and O–H groups in total. The van der Waals surface area contributed by atoms with Crippen LogP contribution in [0.1, 0.15) is 5.82 Å². The van der Waals surface area contributed by atoms with E-state index in [0.29, 0.717) is 27.3 Å². The van der Waals surface area contributed by atoms with Gasteiger partial charge in [0.2, 0.25) is 5.91 Å². The third-order valence-corrected chi connectivity index (χ3v) is 4.97. The van der Waals surface area contributed by atoms with E-state index < -0.39 is 0 Å². The van der Waals surface area contributed by atoms with E-state index in [1.807, 2.05) is 30.3 Å². The molecule has 0 spiro atoms. The van der Waals surface area contributed by atoms with Gasteiger partial charge in [-0.25, -0.2) is 0 Å². The first kappa shape index (κ1) is 17.7. The largest absolute Gasteiger partial charge is 0.324 e. The van der Waals surface area contributed by atoms with Gasteiger partial charge in [0.25, 0.3) is 0 Å². The molecule has 1 aromatic heterocycles. The van der Waals surface area contributed by atoms with Crippen molar-refractivity contribution in [3.63, 3.8) is 0 Å². The molecule has 2 aromatic carbocycles. The number of tetrazole rings is 1. The zero-order chi connectivity index (χ0) is 17.6. The standard InChI is InChI=1S/C16H13Cl2N5OS/c17-12-7-4-8-13(16(12)18)19-15(24)10-25-9-14-20-21-22-23(14)11-5-2-1-3-6-11/h1-8H,9-10H2,(H,19,24). The van der Waals surface area contributed by atoms with Crippen LogP contribution >= 0.6 is 35.0 Å². The van der Waals surface area contributed by atoms with E-state index in [1.54, 1.807) is 22.9 Å². The minimum absolute atomic E-state index is 0.173. The lowest BCUT2D eigenvalue weighted by atomic mass is 10.3. The Morgan fingerprint density at radius 3 is 2.72 bits per heavy atom. The molecule has 1 amide bonds. The maximum atomic E-state index is 12.1. The number of hydrogen-bond acceptors (Lipinski definition) is 5. The van der Waals surface area contributed by atoms with Crippen LogP contribution in [0.5, 0.6) is 0 Å². The molecule has 0 unspecified atom stereocenters. The summed E-state index contributed by atoms with van der Waals surface area (Å²) in [4.78, 5) is 12.1. The van der Waals surface area contributed by atoms with E-state index >= 15 is 0 Å². The second-order valence-corrected chi connectivity index (χ2v) is 6.76. The number of carbonyl (C=O) groups excluding carboxylic acids is 1. The maximum Gasteiger partial charge on any atom is 0.234 e. The van der Waals surface area contributed by atoms with Crippen LogP contribution in [0.15, 0.2) is 48.5 Å². The van der Waals surface area contributed by atoms with Gasteiger partial charge in [-0.3, -0.25) is 4.79 Å². The zero-order valence-electron chi connectivity index (χ0n) is 12.9. The summed E-state index contributed by atoms with van der Waals surface area (Å²) in [5.74, 6) is 1.24. The van der Waals surface area contributed by atoms with Crippen LogP contribution in [0.2, 0.25) is 10.0 Å². The van der Waals surface area contributed by atoms with Crippen molar-refractivity contribution in [2.75, 3.05) is 11.1 Å². The van der Waals surface area contributed by atoms with E-state index in [0.717, 1.165) is 5.69 Å². The van der Waals surface area contributed by atoms with Gasteiger partial charge in [0.15, 0.2) is 5.82 Å². The van der Waals surface area contributed by atoms with E-state index in [-0.39, 0.29) is 11.7 Å². The highest BCUT2D eigenvalue weighted by Crippen LogP contribution is 2.29. The summed E-state index contributed by atoms with van der Waals surface area (Å²) >= 11 is 13.4. The summed E-state index contributed by atoms with van der Waals surface area (Å²) in [6.45, 7) is 0. The molecule has 1 heterocycles. The Morgan fingerprint density at radius 1 is 1.12 bits per heavy atom. The van der Waals surface area contributed by atoms with Crippen molar-refractivity contribution in [2.24, 2.45) is 0 Å². The Bertz CT molecular complexity index is 872. The minimum atomic E-state index is -0.173. The van der Waals surface area contributed by atoms with Crippen molar-refractivity contribution in [1.82, 2.24) is 20.2 Å². The van der Waals surface area contributed by atoms with Gasteiger partial charge in [-0.05, 0) is 34.7 Å². The Labute approximate surface area is 158 Å². The normalized spacial score (nSPS) is 10.6. The van der Waals surface area contributed by atoms with E-state index in [4.69, 9.17) is 23.2 Å². The van der Waals surface area contributed by atoms with E-state index in [2.05, 4.69) is 20.8 Å². The van der Waals surface area contributed by atoms with Gasteiger partial charge >= 0.3 is 0 Å². The number of nitrogens with zero attached hydrogens (tertiary/aromatic N) is 4. The lowest BCUT2D eigenvalue weighted by molar-refractivity contribution is -0.113. The molecule has 0 radical (unpaired) electrons. The fraction of sp³-hybridized carbons (Fsp3) is 0.125. The van der Waals surface area contributed by atoms with Crippen molar-refractivity contribution in [3.05, 3.63) is 64.4 Å². The zero-order valence-corrected chi connectivity index (χ0v) is 15.2. The van der Waals surface area contributed by atoms with Crippen LogP contribution in [-0.2, 0) is 10.5 Å². The Kier molecular flexibility index (Phi) is 5.91. The van der Waals surface area contributed by atoms with Gasteiger partial charge < -0.3 is 5.32 Å². The van der Waals surface area contributed by atoms with Crippen molar-refractivity contribution >= 4 is 46.6 Å². The number of rotatable bonds is 6. The smallest absolute Gasteiger partial charge is 0.234 e. The van der Waals surface area contributed by atoms with Gasteiger partial charge in [-0.2, -0.15) is 4.68 Å². The van der Waals surface area contributed by atoms with Crippen LogP contribution in [0.4, 0.5) is 5.69 Å². The summed E-state index contributed by atoms with van der Waals surface area (Å²) in [6, 6.07) is 14.7. The molecule has 6 nitrogen and oxygen atoms in total. The number of aromatic nitrogens is 4. The summed E-state index contributed by atoms with van der Waals surface area (Å²) in [5, 5.41) is 15.2.